The monoisotopic (exact) mass is 424 g/mol. The molecule has 1 aliphatic heterocycles. The van der Waals surface area contributed by atoms with Gasteiger partial charge in [0.05, 0.1) is 11.3 Å². The second-order valence-corrected chi connectivity index (χ2v) is 10.0. The lowest BCUT2D eigenvalue weighted by Gasteiger charge is -2.30. The molecule has 5 rings (SSSR count). The topological polar surface area (TPSA) is 102 Å². The van der Waals surface area contributed by atoms with Crippen molar-refractivity contribution in [2.24, 2.45) is 10.6 Å². The minimum Gasteiger partial charge on any atom is -0.334 e. The van der Waals surface area contributed by atoms with Crippen molar-refractivity contribution in [3.05, 3.63) is 35.2 Å². The van der Waals surface area contributed by atoms with Gasteiger partial charge in [-0.3, -0.25) is 0 Å². The first-order chi connectivity index (χ1) is 13.6. The minimum atomic E-state index is -3.87. The summed E-state index contributed by atoms with van der Waals surface area (Å²) in [5, 5.41) is 9.02. The summed E-state index contributed by atoms with van der Waals surface area (Å²) < 4.78 is 59.1. The molecule has 1 aromatic carbocycles. The van der Waals surface area contributed by atoms with E-state index in [1.54, 1.807) is 0 Å². The Morgan fingerprint density at radius 2 is 1.93 bits per heavy atom. The van der Waals surface area contributed by atoms with Crippen LogP contribution < -0.4 is 5.14 Å². The van der Waals surface area contributed by atoms with Crippen LogP contribution in [0, 0.1) is 12.3 Å². The SMILES string of the molecule is Cc1ccc(C2CC2)c(-c2nc([C@@H]3C(F)(F)C34CCN(S(N)(=O)=O)CC4)no2)c1. The smallest absolute Gasteiger partial charge is 0.276 e. The van der Waals surface area contributed by atoms with E-state index in [1.807, 2.05) is 25.1 Å². The van der Waals surface area contributed by atoms with Gasteiger partial charge < -0.3 is 4.52 Å². The predicted octanol–water partition coefficient (Wildman–Crippen LogP) is 2.94. The fraction of sp³-hybridized carbons (Fsp3) is 0.579. The average Bonchev–Trinajstić information content (AvgIpc) is 3.50. The molecular weight excluding hydrogens is 402 g/mol. The molecule has 0 unspecified atom stereocenters. The van der Waals surface area contributed by atoms with Crippen molar-refractivity contribution < 1.29 is 21.7 Å². The summed E-state index contributed by atoms with van der Waals surface area (Å²) in [6.45, 7) is 1.90. The summed E-state index contributed by atoms with van der Waals surface area (Å²) in [7, 11) is -3.87. The molecule has 156 valence electrons. The zero-order valence-corrected chi connectivity index (χ0v) is 16.8. The highest BCUT2D eigenvalue weighted by molar-refractivity contribution is 7.86. The third-order valence-corrected chi connectivity index (χ3v) is 7.71. The molecule has 1 saturated heterocycles. The van der Waals surface area contributed by atoms with Crippen LogP contribution in [0.15, 0.2) is 22.7 Å². The van der Waals surface area contributed by atoms with Crippen molar-refractivity contribution >= 4 is 10.2 Å². The molecule has 1 atom stereocenters. The van der Waals surface area contributed by atoms with Gasteiger partial charge in [-0.25, -0.2) is 13.9 Å². The summed E-state index contributed by atoms with van der Waals surface area (Å²) in [5.41, 5.74) is 1.63. The largest absolute Gasteiger partial charge is 0.334 e. The molecule has 10 heteroatoms. The molecule has 3 aliphatic rings. The van der Waals surface area contributed by atoms with E-state index in [0.29, 0.717) is 5.92 Å². The van der Waals surface area contributed by atoms with Crippen LogP contribution in [0.2, 0.25) is 0 Å². The lowest BCUT2D eigenvalue weighted by molar-refractivity contribution is 0.0411. The van der Waals surface area contributed by atoms with Gasteiger partial charge in [-0.2, -0.15) is 17.7 Å². The highest BCUT2D eigenvalue weighted by atomic mass is 32.2. The van der Waals surface area contributed by atoms with Crippen LogP contribution in [0.5, 0.6) is 0 Å². The first-order valence-electron chi connectivity index (χ1n) is 9.74. The van der Waals surface area contributed by atoms with Crippen LogP contribution in [0.1, 0.15) is 54.5 Å². The molecule has 1 spiro atoms. The predicted molar refractivity (Wildman–Crippen MR) is 100 cm³/mol. The van der Waals surface area contributed by atoms with Crippen LogP contribution >= 0.6 is 0 Å². The first kappa shape index (κ1) is 19.1. The van der Waals surface area contributed by atoms with Crippen molar-refractivity contribution in [1.29, 1.82) is 0 Å². The number of aromatic nitrogens is 2. The zero-order valence-electron chi connectivity index (χ0n) is 15.9. The normalized spacial score (nSPS) is 26.0. The van der Waals surface area contributed by atoms with Gasteiger partial charge in [-0.05, 0) is 50.2 Å². The summed E-state index contributed by atoms with van der Waals surface area (Å²) in [5.74, 6) is -3.44. The number of rotatable bonds is 4. The van der Waals surface area contributed by atoms with Crippen LogP contribution in [0.3, 0.4) is 0 Å². The van der Waals surface area contributed by atoms with Gasteiger partial charge >= 0.3 is 0 Å². The van der Waals surface area contributed by atoms with E-state index in [2.05, 4.69) is 10.1 Å². The van der Waals surface area contributed by atoms with Gasteiger partial charge in [0.15, 0.2) is 5.82 Å². The fourth-order valence-corrected chi connectivity index (χ4v) is 5.44. The Morgan fingerprint density at radius 3 is 2.55 bits per heavy atom. The number of hydrogen-bond donors (Lipinski definition) is 1. The maximum Gasteiger partial charge on any atom is 0.276 e. The third kappa shape index (κ3) is 2.91. The van der Waals surface area contributed by atoms with Crippen LogP contribution in [0.25, 0.3) is 11.5 Å². The number of hydrogen-bond acceptors (Lipinski definition) is 5. The van der Waals surface area contributed by atoms with Crippen LogP contribution in [0.4, 0.5) is 8.78 Å². The molecule has 2 heterocycles. The Hall–Kier alpha value is -1.91. The fourth-order valence-electron chi connectivity index (χ4n) is 4.75. The second-order valence-electron chi connectivity index (χ2n) is 8.48. The highest BCUT2D eigenvalue weighted by Gasteiger charge is 2.82. The molecule has 2 saturated carbocycles. The first-order valence-corrected chi connectivity index (χ1v) is 11.2. The molecule has 2 aromatic rings. The van der Waals surface area contributed by atoms with E-state index in [1.165, 1.54) is 0 Å². The van der Waals surface area contributed by atoms with E-state index >= 15 is 0 Å². The van der Waals surface area contributed by atoms with Gasteiger partial charge in [-0.15, -0.1) is 0 Å². The number of nitrogens with zero attached hydrogens (tertiary/aromatic N) is 3. The van der Waals surface area contributed by atoms with Crippen molar-refractivity contribution in [2.75, 3.05) is 13.1 Å². The maximum atomic E-state index is 14.8. The van der Waals surface area contributed by atoms with E-state index in [0.717, 1.165) is 33.8 Å². The van der Waals surface area contributed by atoms with Gasteiger partial charge in [0.25, 0.3) is 22.0 Å². The molecule has 7 nitrogen and oxygen atoms in total. The molecule has 0 bridgehead atoms. The Morgan fingerprint density at radius 1 is 1.24 bits per heavy atom. The third-order valence-electron chi connectivity index (χ3n) is 6.63. The molecule has 3 fully saturated rings. The van der Waals surface area contributed by atoms with Crippen molar-refractivity contribution in [2.45, 2.75) is 50.4 Å². The van der Waals surface area contributed by atoms with Crippen molar-refractivity contribution in [3.63, 3.8) is 0 Å². The van der Waals surface area contributed by atoms with Gasteiger partial charge in [0, 0.05) is 18.7 Å². The van der Waals surface area contributed by atoms with Gasteiger partial charge in [-0.1, -0.05) is 22.9 Å². The number of nitrogens with two attached hydrogens (primary N) is 1. The Balaban J connectivity index is 1.43. The number of alkyl halides is 2. The lowest BCUT2D eigenvalue weighted by Crippen LogP contribution is -2.43. The molecule has 0 radical (unpaired) electrons. The van der Waals surface area contributed by atoms with Crippen LogP contribution in [-0.2, 0) is 10.2 Å². The summed E-state index contributed by atoms with van der Waals surface area (Å²) in [4.78, 5) is 4.35. The molecule has 29 heavy (non-hydrogen) atoms. The minimum absolute atomic E-state index is 0.00249. The Kier molecular flexibility index (Phi) is 3.98. The van der Waals surface area contributed by atoms with Gasteiger partial charge in [0.2, 0.25) is 0 Å². The highest BCUT2D eigenvalue weighted by Crippen LogP contribution is 2.75. The van der Waals surface area contributed by atoms with E-state index in [-0.39, 0.29) is 37.6 Å². The van der Waals surface area contributed by atoms with Crippen LogP contribution in [-0.4, -0.2) is 41.9 Å². The number of benzene rings is 1. The summed E-state index contributed by atoms with van der Waals surface area (Å²) in [6.07, 6.45) is 2.23. The quantitative estimate of drug-likeness (QED) is 0.813. The van der Waals surface area contributed by atoms with Crippen molar-refractivity contribution in [3.8, 4) is 11.5 Å². The zero-order chi connectivity index (χ0) is 20.6. The Bertz CT molecular complexity index is 1070. The molecule has 2 aliphatic carbocycles. The van der Waals surface area contributed by atoms with E-state index in [4.69, 9.17) is 9.66 Å². The molecule has 1 aromatic heterocycles. The number of halogens is 2. The number of piperidine rings is 1. The molecule has 0 amide bonds. The second kappa shape index (κ2) is 6.05. The number of aryl methyl sites for hydroxylation is 1. The van der Waals surface area contributed by atoms with E-state index in [9.17, 15) is 17.2 Å². The standard InChI is InChI=1S/C19H22F2N4O3S/c1-11-2-5-13(12-3-4-12)14(10-11)17-23-16(24-28-17)15-18(19(15,20)21)6-8-25(9-7-18)29(22,26)27/h2,5,10,12,15H,3-4,6-9H2,1H3,(H2,22,26,27)/t15-/m0/s1. The average molecular weight is 424 g/mol. The Labute approximate surface area is 167 Å². The van der Waals surface area contributed by atoms with Crippen molar-refractivity contribution in [1.82, 2.24) is 14.4 Å². The lowest BCUT2D eigenvalue weighted by atomic mass is 9.91. The molecular formula is C19H22F2N4O3S. The maximum absolute atomic E-state index is 14.8. The summed E-state index contributed by atoms with van der Waals surface area (Å²) in [6, 6.07) is 6.02. The molecule has 2 N–H and O–H groups in total. The summed E-state index contributed by atoms with van der Waals surface area (Å²) >= 11 is 0. The van der Waals surface area contributed by atoms with E-state index < -0.39 is 27.5 Å². The van der Waals surface area contributed by atoms with Gasteiger partial charge in [0.1, 0.15) is 0 Å².